The van der Waals surface area contributed by atoms with E-state index in [1.165, 1.54) is 4.57 Å². The minimum atomic E-state index is -1.21. The van der Waals surface area contributed by atoms with Gasteiger partial charge in [-0.1, -0.05) is 30.0 Å². The number of rotatable bonds is 2. The van der Waals surface area contributed by atoms with Crippen LogP contribution in [0.25, 0.3) is 0 Å². The predicted molar refractivity (Wildman–Crippen MR) is 80.5 cm³/mol. The smallest absolute Gasteiger partial charge is 0.341 e. The van der Waals surface area contributed by atoms with Gasteiger partial charge in [-0.05, 0) is 37.6 Å². The number of carboxylic acid groups (broad SMARTS) is 1. The molecular formula is C17H15NO3. The highest BCUT2D eigenvalue weighted by Crippen LogP contribution is 2.06. The van der Waals surface area contributed by atoms with Gasteiger partial charge in [0.1, 0.15) is 5.56 Å². The van der Waals surface area contributed by atoms with Gasteiger partial charge >= 0.3 is 5.97 Å². The van der Waals surface area contributed by atoms with Gasteiger partial charge in [0, 0.05) is 11.3 Å². The van der Waals surface area contributed by atoms with E-state index in [-0.39, 0.29) is 12.1 Å². The third-order valence-corrected chi connectivity index (χ3v) is 3.16. The first-order valence-corrected chi connectivity index (χ1v) is 6.49. The van der Waals surface area contributed by atoms with Gasteiger partial charge in [0.2, 0.25) is 0 Å². The number of aryl methyl sites for hydroxylation is 2. The van der Waals surface area contributed by atoms with Crippen LogP contribution < -0.4 is 5.56 Å². The van der Waals surface area contributed by atoms with Crippen LogP contribution in [-0.2, 0) is 6.54 Å². The van der Waals surface area contributed by atoms with Crippen molar-refractivity contribution in [1.29, 1.82) is 0 Å². The van der Waals surface area contributed by atoms with Gasteiger partial charge < -0.3 is 9.67 Å². The van der Waals surface area contributed by atoms with Crippen molar-refractivity contribution < 1.29 is 9.90 Å². The number of carboxylic acids is 1. The minimum absolute atomic E-state index is 0.167. The first-order chi connectivity index (χ1) is 10.0. The van der Waals surface area contributed by atoms with E-state index >= 15 is 0 Å². The summed E-state index contributed by atoms with van der Waals surface area (Å²) in [6.07, 6.45) is 0. The van der Waals surface area contributed by atoms with Gasteiger partial charge in [-0.15, -0.1) is 0 Å². The second-order valence-electron chi connectivity index (χ2n) is 4.71. The van der Waals surface area contributed by atoms with Crippen LogP contribution in [-0.4, -0.2) is 15.6 Å². The Balaban J connectivity index is 2.38. The lowest BCUT2D eigenvalue weighted by Gasteiger charge is -2.09. The first-order valence-electron chi connectivity index (χ1n) is 6.49. The summed E-state index contributed by atoms with van der Waals surface area (Å²) in [5, 5.41) is 9.12. The molecule has 21 heavy (non-hydrogen) atoms. The largest absolute Gasteiger partial charge is 0.477 e. The summed E-state index contributed by atoms with van der Waals surface area (Å²) in [6.45, 7) is 3.56. The molecule has 1 N–H and O–H groups in total. The molecule has 0 fully saturated rings. The minimum Gasteiger partial charge on any atom is -0.477 e. The predicted octanol–water partition coefficient (Wildman–Crippen LogP) is 2.22. The van der Waals surface area contributed by atoms with E-state index in [0.29, 0.717) is 11.3 Å². The van der Waals surface area contributed by atoms with Crippen molar-refractivity contribution in [2.45, 2.75) is 20.4 Å². The van der Waals surface area contributed by atoms with E-state index in [1.54, 1.807) is 19.9 Å². The quantitative estimate of drug-likeness (QED) is 0.859. The Labute approximate surface area is 122 Å². The SMILES string of the molecule is Cc1cc(C)n(CC#Cc2ccccc2)c(=O)c1C(=O)O. The summed E-state index contributed by atoms with van der Waals surface area (Å²) in [6, 6.07) is 11.1. The second kappa shape index (κ2) is 6.10. The summed E-state index contributed by atoms with van der Waals surface area (Å²) in [5.41, 5.74) is 1.32. The summed E-state index contributed by atoms with van der Waals surface area (Å²) in [4.78, 5) is 23.4. The fraction of sp³-hybridized carbons (Fsp3) is 0.176. The molecule has 2 rings (SSSR count). The average Bonchev–Trinajstić information content (AvgIpc) is 2.42. The van der Waals surface area contributed by atoms with Crippen molar-refractivity contribution >= 4 is 5.97 Å². The summed E-state index contributed by atoms with van der Waals surface area (Å²) in [7, 11) is 0. The number of nitrogens with zero attached hydrogens (tertiary/aromatic N) is 1. The molecule has 1 aromatic heterocycles. The standard InChI is InChI=1S/C17H15NO3/c1-12-11-13(2)18(16(19)15(12)17(20)21)10-6-9-14-7-4-3-5-8-14/h3-5,7-8,11H,10H2,1-2H3,(H,20,21). The Bertz CT molecular complexity index is 793. The van der Waals surface area contributed by atoms with Gasteiger partial charge in [0.05, 0.1) is 6.54 Å². The Kier molecular flexibility index (Phi) is 4.24. The van der Waals surface area contributed by atoms with Crippen LogP contribution in [0, 0.1) is 25.7 Å². The molecular weight excluding hydrogens is 266 g/mol. The lowest BCUT2D eigenvalue weighted by Crippen LogP contribution is -2.29. The molecule has 0 aliphatic carbocycles. The zero-order chi connectivity index (χ0) is 15.4. The average molecular weight is 281 g/mol. The van der Waals surface area contributed by atoms with Gasteiger partial charge in [-0.3, -0.25) is 4.79 Å². The third-order valence-electron chi connectivity index (χ3n) is 3.16. The molecule has 0 aliphatic rings. The molecule has 0 amide bonds. The number of aromatic nitrogens is 1. The Morgan fingerprint density at radius 3 is 2.52 bits per heavy atom. The Morgan fingerprint density at radius 1 is 1.24 bits per heavy atom. The summed E-state index contributed by atoms with van der Waals surface area (Å²) < 4.78 is 1.38. The first kappa shape index (κ1) is 14.6. The molecule has 0 atom stereocenters. The van der Waals surface area contributed by atoms with Crippen LogP contribution in [0.1, 0.15) is 27.2 Å². The maximum Gasteiger partial charge on any atom is 0.341 e. The number of benzene rings is 1. The normalized spacial score (nSPS) is 9.81. The monoisotopic (exact) mass is 281 g/mol. The van der Waals surface area contributed by atoms with E-state index < -0.39 is 11.5 Å². The Hall–Kier alpha value is -2.80. The molecule has 0 saturated carbocycles. The lowest BCUT2D eigenvalue weighted by atomic mass is 10.1. The van der Waals surface area contributed by atoms with Crippen molar-refractivity contribution in [1.82, 2.24) is 4.57 Å². The molecule has 0 unspecified atom stereocenters. The van der Waals surface area contributed by atoms with Crippen LogP contribution in [0.3, 0.4) is 0 Å². The number of pyridine rings is 1. The molecule has 0 aliphatic heterocycles. The fourth-order valence-corrected chi connectivity index (χ4v) is 2.13. The van der Waals surface area contributed by atoms with Crippen LogP contribution in [0.15, 0.2) is 41.2 Å². The van der Waals surface area contributed by atoms with Crippen molar-refractivity contribution in [2.24, 2.45) is 0 Å². The fourth-order valence-electron chi connectivity index (χ4n) is 2.13. The molecule has 1 heterocycles. The molecule has 0 saturated heterocycles. The van der Waals surface area contributed by atoms with E-state index in [2.05, 4.69) is 11.8 Å². The second-order valence-corrected chi connectivity index (χ2v) is 4.71. The van der Waals surface area contributed by atoms with Gasteiger partial charge in [0.15, 0.2) is 0 Å². The van der Waals surface area contributed by atoms with Gasteiger partial charge in [0.25, 0.3) is 5.56 Å². The number of carbonyl (C=O) groups is 1. The molecule has 2 aromatic rings. The number of hydrogen-bond acceptors (Lipinski definition) is 2. The van der Waals surface area contributed by atoms with Crippen LogP contribution >= 0.6 is 0 Å². The number of hydrogen-bond donors (Lipinski definition) is 1. The van der Waals surface area contributed by atoms with Crippen LogP contribution in [0.4, 0.5) is 0 Å². The zero-order valence-corrected chi connectivity index (χ0v) is 11.9. The zero-order valence-electron chi connectivity index (χ0n) is 11.9. The van der Waals surface area contributed by atoms with E-state index in [9.17, 15) is 9.59 Å². The highest BCUT2D eigenvalue weighted by molar-refractivity contribution is 5.88. The Morgan fingerprint density at radius 2 is 1.90 bits per heavy atom. The van der Waals surface area contributed by atoms with Gasteiger partial charge in [-0.2, -0.15) is 0 Å². The number of aromatic carboxylic acids is 1. The van der Waals surface area contributed by atoms with E-state index in [0.717, 1.165) is 5.56 Å². The van der Waals surface area contributed by atoms with Gasteiger partial charge in [-0.25, -0.2) is 4.79 Å². The van der Waals surface area contributed by atoms with E-state index in [4.69, 9.17) is 5.11 Å². The maximum atomic E-state index is 12.2. The molecule has 0 radical (unpaired) electrons. The van der Waals surface area contributed by atoms with E-state index in [1.807, 2.05) is 30.3 Å². The lowest BCUT2D eigenvalue weighted by molar-refractivity contribution is 0.0693. The highest BCUT2D eigenvalue weighted by Gasteiger charge is 2.15. The molecule has 4 nitrogen and oxygen atoms in total. The molecule has 0 bridgehead atoms. The van der Waals surface area contributed by atoms with Crippen molar-refractivity contribution in [3.05, 3.63) is 69.1 Å². The van der Waals surface area contributed by atoms with Crippen molar-refractivity contribution in [3.8, 4) is 11.8 Å². The highest BCUT2D eigenvalue weighted by atomic mass is 16.4. The molecule has 106 valence electrons. The third kappa shape index (κ3) is 3.21. The topological polar surface area (TPSA) is 59.3 Å². The van der Waals surface area contributed by atoms with Crippen LogP contribution in [0.2, 0.25) is 0 Å². The molecule has 0 spiro atoms. The summed E-state index contributed by atoms with van der Waals surface area (Å²) in [5.74, 6) is 4.65. The van der Waals surface area contributed by atoms with Crippen molar-refractivity contribution in [2.75, 3.05) is 0 Å². The molecule has 4 heteroatoms. The summed E-state index contributed by atoms with van der Waals surface area (Å²) >= 11 is 0. The van der Waals surface area contributed by atoms with Crippen LogP contribution in [0.5, 0.6) is 0 Å². The van der Waals surface area contributed by atoms with Crippen molar-refractivity contribution in [3.63, 3.8) is 0 Å². The maximum absolute atomic E-state index is 12.2. The molecule has 1 aromatic carbocycles.